The standard InChI is InChI=1S/C16H30N4.HI/c1-4-5-6-10-18-16(17-2)19-13-11-14-8-7-9-15(12-13)20(14)3;/h4-5,13-15H,6-12H2,1-3H3,(H2,17,18,19);1H/b5-4+;. The molecule has 2 saturated heterocycles. The van der Waals surface area contributed by atoms with Crippen molar-refractivity contribution in [2.24, 2.45) is 4.99 Å². The highest BCUT2D eigenvalue weighted by Crippen LogP contribution is 2.32. The van der Waals surface area contributed by atoms with Crippen LogP contribution in [0.3, 0.4) is 0 Å². The van der Waals surface area contributed by atoms with Crippen LogP contribution >= 0.6 is 24.0 Å². The Morgan fingerprint density at radius 2 is 1.95 bits per heavy atom. The van der Waals surface area contributed by atoms with Gasteiger partial charge in [-0.05, 0) is 46.1 Å². The second kappa shape index (κ2) is 9.66. The Balaban J connectivity index is 0.00000220. The molecule has 0 aromatic heterocycles. The molecule has 0 aromatic carbocycles. The Morgan fingerprint density at radius 3 is 2.52 bits per heavy atom. The number of guanidine groups is 1. The minimum atomic E-state index is 0. The largest absolute Gasteiger partial charge is 0.356 e. The summed E-state index contributed by atoms with van der Waals surface area (Å²) in [6.45, 7) is 3.01. The fourth-order valence-electron chi connectivity index (χ4n) is 3.56. The zero-order chi connectivity index (χ0) is 14.4. The second-order valence-electron chi connectivity index (χ2n) is 6.07. The molecule has 0 saturated carbocycles. The molecule has 0 aromatic rings. The van der Waals surface area contributed by atoms with E-state index in [4.69, 9.17) is 0 Å². The van der Waals surface area contributed by atoms with Crippen molar-refractivity contribution >= 4 is 29.9 Å². The maximum absolute atomic E-state index is 4.35. The summed E-state index contributed by atoms with van der Waals surface area (Å²) in [5.41, 5.74) is 0. The van der Waals surface area contributed by atoms with Crippen LogP contribution in [0.15, 0.2) is 17.1 Å². The third-order valence-corrected chi connectivity index (χ3v) is 4.74. The first-order chi connectivity index (χ1) is 9.74. The molecule has 0 amide bonds. The average Bonchev–Trinajstić information content (AvgIpc) is 2.43. The number of fused-ring (bicyclic) bond motifs is 2. The number of hydrogen-bond donors (Lipinski definition) is 2. The maximum atomic E-state index is 4.35. The number of allylic oxidation sites excluding steroid dienone is 1. The van der Waals surface area contributed by atoms with Crippen molar-refractivity contribution < 1.29 is 0 Å². The van der Waals surface area contributed by atoms with Gasteiger partial charge < -0.3 is 15.5 Å². The molecule has 2 unspecified atom stereocenters. The summed E-state index contributed by atoms with van der Waals surface area (Å²) in [6, 6.07) is 2.11. The van der Waals surface area contributed by atoms with E-state index in [2.05, 4.69) is 46.6 Å². The summed E-state index contributed by atoms with van der Waals surface area (Å²) in [6.07, 6.45) is 12.0. The molecule has 2 fully saturated rings. The highest BCUT2D eigenvalue weighted by molar-refractivity contribution is 14.0. The van der Waals surface area contributed by atoms with Crippen molar-refractivity contribution in [2.75, 3.05) is 20.6 Å². The lowest BCUT2D eigenvalue weighted by Gasteiger charge is -2.47. The molecule has 2 aliphatic heterocycles. The minimum Gasteiger partial charge on any atom is -0.356 e. The topological polar surface area (TPSA) is 39.7 Å². The molecular weight excluding hydrogens is 375 g/mol. The fraction of sp³-hybridized carbons (Fsp3) is 0.812. The van der Waals surface area contributed by atoms with Gasteiger partial charge in [0.15, 0.2) is 5.96 Å². The Kier molecular flexibility index (Phi) is 8.63. The average molecular weight is 406 g/mol. The highest BCUT2D eigenvalue weighted by atomic mass is 127. The molecule has 2 atom stereocenters. The first kappa shape index (κ1) is 18.7. The third kappa shape index (κ3) is 5.43. The number of hydrogen-bond acceptors (Lipinski definition) is 2. The lowest BCUT2D eigenvalue weighted by Crippen LogP contribution is -2.56. The SMILES string of the molecule is C/C=C/CCNC(=NC)NC1CC2CCCC(C1)N2C.I. The van der Waals surface area contributed by atoms with Crippen LogP contribution in [0, 0.1) is 0 Å². The molecule has 0 radical (unpaired) electrons. The summed E-state index contributed by atoms with van der Waals surface area (Å²) < 4.78 is 0. The molecule has 2 heterocycles. The van der Waals surface area contributed by atoms with Crippen LogP contribution in [0.25, 0.3) is 0 Å². The Hall–Kier alpha value is -0.300. The van der Waals surface area contributed by atoms with Crippen LogP contribution in [0.1, 0.15) is 45.4 Å². The Labute approximate surface area is 146 Å². The number of halogens is 1. The van der Waals surface area contributed by atoms with E-state index in [-0.39, 0.29) is 24.0 Å². The van der Waals surface area contributed by atoms with Crippen LogP contribution < -0.4 is 10.6 Å². The van der Waals surface area contributed by atoms with E-state index >= 15 is 0 Å². The van der Waals surface area contributed by atoms with Gasteiger partial charge in [0.1, 0.15) is 0 Å². The van der Waals surface area contributed by atoms with E-state index in [9.17, 15) is 0 Å². The molecule has 2 rings (SSSR count). The number of aliphatic imine (C=N–C) groups is 1. The summed E-state index contributed by atoms with van der Waals surface area (Å²) in [5.74, 6) is 0.960. The van der Waals surface area contributed by atoms with Crippen molar-refractivity contribution in [3.05, 3.63) is 12.2 Å². The van der Waals surface area contributed by atoms with Gasteiger partial charge in [0.05, 0.1) is 0 Å². The summed E-state index contributed by atoms with van der Waals surface area (Å²) in [4.78, 5) is 6.95. The van der Waals surface area contributed by atoms with Crippen molar-refractivity contribution in [3.8, 4) is 0 Å². The highest BCUT2D eigenvalue weighted by Gasteiger charge is 2.36. The molecule has 122 valence electrons. The van der Waals surface area contributed by atoms with Crippen molar-refractivity contribution in [2.45, 2.75) is 63.6 Å². The number of nitrogens with zero attached hydrogens (tertiary/aromatic N) is 2. The summed E-state index contributed by atoms with van der Waals surface area (Å²) in [7, 11) is 4.16. The Bertz CT molecular complexity index is 342. The monoisotopic (exact) mass is 406 g/mol. The smallest absolute Gasteiger partial charge is 0.191 e. The molecule has 2 aliphatic rings. The number of nitrogens with one attached hydrogen (secondary N) is 2. The first-order valence-corrected chi connectivity index (χ1v) is 8.05. The van der Waals surface area contributed by atoms with Crippen LogP contribution in [0.5, 0.6) is 0 Å². The van der Waals surface area contributed by atoms with Crippen LogP contribution in [-0.2, 0) is 0 Å². The van der Waals surface area contributed by atoms with Gasteiger partial charge >= 0.3 is 0 Å². The van der Waals surface area contributed by atoms with E-state index < -0.39 is 0 Å². The van der Waals surface area contributed by atoms with Gasteiger partial charge in [-0.1, -0.05) is 18.6 Å². The van der Waals surface area contributed by atoms with E-state index in [1.807, 2.05) is 7.05 Å². The normalized spacial score (nSPS) is 30.0. The lowest BCUT2D eigenvalue weighted by atomic mass is 9.82. The zero-order valence-corrected chi connectivity index (χ0v) is 16.0. The van der Waals surface area contributed by atoms with Crippen LogP contribution in [0.4, 0.5) is 0 Å². The first-order valence-electron chi connectivity index (χ1n) is 8.05. The van der Waals surface area contributed by atoms with E-state index in [1.54, 1.807) is 0 Å². The van der Waals surface area contributed by atoms with Gasteiger partial charge in [0.25, 0.3) is 0 Å². The second-order valence-corrected chi connectivity index (χ2v) is 6.07. The van der Waals surface area contributed by atoms with Gasteiger partial charge in [-0.15, -0.1) is 24.0 Å². The predicted octanol–water partition coefficient (Wildman–Crippen LogP) is 2.75. The molecular formula is C16H31IN4. The molecule has 2 bridgehead atoms. The fourth-order valence-corrected chi connectivity index (χ4v) is 3.56. The van der Waals surface area contributed by atoms with Crippen molar-refractivity contribution in [3.63, 3.8) is 0 Å². The molecule has 21 heavy (non-hydrogen) atoms. The minimum absolute atomic E-state index is 0. The predicted molar refractivity (Wildman–Crippen MR) is 102 cm³/mol. The van der Waals surface area contributed by atoms with E-state index in [1.165, 1.54) is 32.1 Å². The molecule has 5 heteroatoms. The van der Waals surface area contributed by atoms with E-state index in [0.717, 1.165) is 31.0 Å². The van der Waals surface area contributed by atoms with Gasteiger partial charge in [-0.25, -0.2) is 0 Å². The molecule has 4 nitrogen and oxygen atoms in total. The lowest BCUT2D eigenvalue weighted by molar-refractivity contribution is 0.0526. The number of piperidine rings is 2. The quantitative estimate of drug-likeness (QED) is 0.248. The maximum Gasteiger partial charge on any atom is 0.191 e. The summed E-state index contributed by atoms with van der Waals surface area (Å²) >= 11 is 0. The number of rotatable bonds is 4. The van der Waals surface area contributed by atoms with Crippen LogP contribution in [-0.4, -0.2) is 49.6 Å². The van der Waals surface area contributed by atoms with Gasteiger partial charge in [-0.3, -0.25) is 4.99 Å². The Morgan fingerprint density at radius 1 is 1.29 bits per heavy atom. The van der Waals surface area contributed by atoms with Crippen LogP contribution in [0.2, 0.25) is 0 Å². The molecule has 0 aliphatic carbocycles. The zero-order valence-electron chi connectivity index (χ0n) is 13.6. The van der Waals surface area contributed by atoms with Crippen molar-refractivity contribution in [1.29, 1.82) is 0 Å². The van der Waals surface area contributed by atoms with Crippen molar-refractivity contribution in [1.82, 2.24) is 15.5 Å². The van der Waals surface area contributed by atoms with Gasteiger partial charge in [-0.2, -0.15) is 0 Å². The molecule has 2 N–H and O–H groups in total. The van der Waals surface area contributed by atoms with E-state index in [0.29, 0.717) is 6.04 Å². The molecule has 0 spiro atoms. The van der Waals surface area contributed by atoms with Gasteiger partial charge in [0, 0.05) is 31.7 Å². The van der Waals surface area contributed by atoms with Gasteiger partial charge in [0.2, 0.25) is 0 Å². The third-order valence-electron chi connectivity index (χ3n) is 4.74. The summed E-state index contributed by atoms with van der Waals surface area (Å²) in [5, 5.41) is 7.02.